The predicted octanol–water partition coefficient (Wildman–Crippen LogP) is 1.95. The minimum absolute atomic E-state index is 0.0972. The zero-order valence-electron chi connectivity index (χ0n) is 4.12. The first-order valence-corrected chi connectivity index (χ1v) is 6.61. The zero-order chi connectivity index (χ0) is 4.12. The molecule has 0 aliphatic rings. The van der Waals surface area contributed by atoms with Gasteiger partial charge in [0.1, 0.15) is 0 Å². The first kappa shape index (κ1) is 5.62. The number of hydrogen-bond donors (Lipinski definition) is 0. The van der Waals surface area contributed by atoms with Crippen LogP contribution in [0.2, 0.25) is 10.0 Å². The fourth-order valence-corrected chi connectivity index (χ4v) is 1.84. The quantitative estimate of drug-likeness (QED) is 0.427. The first-order chi connectivity index (χ1) is 2.41. The molecule has 0 fully saturated rings. The topological polar surface area (TPSA) is 0 Å². The second-order valence-corrected chi connectivity index (χ2v) is 7.03. The molecule has 0 atom stereocenters. The van der Waals surface area contributed by atoms with Crippen LogP contribution in [0, 0.1) is 0 Å². The molecule has 1 heteroatoms. The van der Waals surface area contributed by atoms with Gasteiger partial charge in [0.2, 0.25) is 0 Å². The summed E-state index contributed by atoms with van der Waals surface area (Å²) in [6, 6.07) is 0. The molecule has 0 aromatic heterocycles. The van der Waals surface area contributed by atoms with Crippen LogP contribution >= 0.6 is 0 Å². The molecule has 0 heterocycles. The third-order valence-electron chi connectivity index (χ3n) is 0.707. The Labute approximate surface area is 41.6 Å². The van der Waals surface area contributed by atoms with Crippen molar-refractivity contribution in [2.75, 3.05) is 0 Å². The monoisotopic (exact) mass is 60.1 g/mol. The minimum atomic E-state index is 0.0972. The predicted molar refractivity (Wildman–Crippen MR) is 21.0 cm³/mol. The molecule has 0 saturated heterocycles. The Morgan fingerprint density at radius 2 is 1.60 bits per heavy atom. The molecule has 0 bridgehead atoms. The van der Waals surface area contributed by atoms with Crippen LogP contribution in [-0.2, 0) is 17.1 Å². The summed E-state index contributed by atoms with van der Waals surface area (Å²) in [7, 11) is 0. The average molecular weight is 60.1 g/mol. The van der Waals surface area contributed by atoms with Gasteiger partial charge < -0.3 is 0 Å². The van der Waals surface area contributed by atoms with Crippen LogP contribution in [0.15, 0.2) is 0 Å². The van der Waals surface area contributed by atoms with Crippen LogP contribution in [-0.4, -0.2) is 0 Å². The van der Waals surface area contributed by atoms with Gasteiger partial charge in [-0.05, 0) is 0 Å². The maximum absolute atomic E-state index is 2.30. The van der Waals surface area contributed by atoms with E-state index in [2.05, 4.69) is 13.8 Å². The van der Waals surface area contributed by atoms with Crippen LogP contribution in [0.5, 0.6) is 0 Å². The van der Waals surface area contributed by atoms with Gasteiger partial charge in [-0.25, -0.2) is 0 Å². The van der Waals surface area contributed by atoms with E-state index in [1.807, 2.05) is 0 Å². The average Bonchev–Trinajstić information content (AvgIpc) is 1.41. The van der Waals surface area contributed by atoms with Gasteiger partial charge in [0.15, 0.2) is 0 Å². The van der Waals surface area contributed by atoms with E-state index in [0.717, 1.165) is 0 Å². The molecule has 0 rings (SSSR count). The number of rotatable bonds is 2. The van der Waals surface area contributed by atoms with E-state index in [1.165, 1.54) is 10.0 Å². The molecule has 0 nitrogen and oxygen atoms in total. The van der Waals surface area contributed by atoms with Gasteiger partial charge >= 0.3 is 41.0 Å². The third kappa shape index (κ3) is 4.62. The second-order valence-electron chi connectivity index (χ2n) is 1.35. The van der Waals surface area contributed by atoms with E-state index in [4.69, 9.17) is 0 Å². The summed E-state index contributed by atoms with van der Waals surface area (Å²) in [5.41, 5.74) is 0. The summed E-state index contributed by atoms with van der Waals surface area (Å²) in [5.74, 6) is 0. The molecule has 0 saturated carbocycles. The van der Waals surface area contributed by atoms with E-state index in [9.17, 15) is 0 Å². The summed E-state index contributed by atoms with van der Waals surface area (Å²) in [6.07, 6.45) is 0. The Kier molecular flexibility index (Phi) is 5.20. The van der Waals surface area contributed by atoms with Crippen LogP contribution < -0.4 is 0 Å². The fourth-order valence-electron chi connectivity index (χ4n) is 0.354. The molecule has 0 radical (unpaired) electrons. The van der Waals surface area contributed by atoms with Crippen molar-refractivity contribution >= 4 is 0 Å². The van der Waals surface area contributed by atoms with Crippen molar-refractivity contribution in [3.8, 4) is 0 Å². The van der Waals surface area contributed by atoms with Gasteiger partial charge in [0.05, 0.1) is 0 Å². The number of hydrogen-bond acceptors (Lipinski definition) is 0. The molecule has 0 aromatic carbocycles. The summed E-state index contributed by atoms with van der Waals surface area (Å²) in [5, 5.41) is 3.06. The van der Waals surface area contributed by atoms with Crippen molar-refractivity contribution in [2.45, 2.75) is 23.9 Å². The van der Waals surface area contributed by atoms with Gasteiger partial charge in [-0.2, -0.15) is 0 Å². The molecule has 0 aliphatic carbocycles. The van der Waals surface area contributed by atoms with Crippen LogP contribution in [0.3, 0.4) is 0 Å². The molecular formula is C4H10Zn. The van der Waals surface area contributed by atoms with E-state index in [0.29, 0.717) is 0 Å². The molecule has 0 spiro atoms. The van der Waals surface area contributed by atoms with E-state index < -0.39 is 0 Å². The Morgan fingerprint density at radius 1 is 1.20 bits per heavy atom. The third-order valence-corrected chi connectivity index (χ3v) is 3.67. The molecule has 0 aliphatic heterocycles. The summed E-state index contributed by atoms with van der Waals surface area (Å²) in [4.78, 5) is 0. The zero-order valence-corrected chi connectivity index (χ0v) is 7.09. The molecule has 0 unspecified atom stereocenters. The standard InChI is InChI=1S/2C2H5.Zn/c2*1-2;/h2*1H2,2H3;/i;;1-63. The van der Waals surface area contributed by atoms with Gasteiger partial charge in [0, 0.05) is 0 Å². The molecule has 0 N–H and O–H groups in total. The first-order valence-electron chi connectivity index (χ1n) is 2.41. The normalized spacial score (nSPS) is 6.80. The van der Waals surface area contributed by atoms with Crippen molar-refractivity contribution in [3.05, 3.63) is 0 Å². The summed E-state index contributed by atoms with van der Waals surface area (Å²) >= 11 is 0.0972. The van der Waals surface area contributed by atoms with Crippen molar-refractivity contribution in [3.63, 3.8) is 0 Å². The SMILES string of the molecule is C[CH2][2Zn][CH2]C. The Balaban J connectivity index is 2.19. The van der Waals surface area contributed by atoms with Crippen LogP contribution in [0.25, 0.3) is 0 Å². The Bertz CT molecular complexity index is 11.1. The van der Waals surface area contributed by atoms with Crippen molar-refractivity contribution in [2.24, 2.45) is 0 Å². The second kappa shape index (κ2) is 4.62. The Morgan fingerprint density at radius 3 is 1.60 bits per heavy atom. The van der Waals surface area contributed by atoms with E-state index in [-0.39, 0.29) is 17.1 Å². The molecule has 0 aromatic rings. The fraction of sp³-hybridized carbons (Fsp3) is 1.00. The van der Waals surface area contributed by atoms with Crippen LogP contribution in [0.1, 0.15) is 13.8 Å². The van der Waals surface area contributed by atoms with E-state index >= 15 is 0 Å². The van der Waals surface area contributed by atoms with E-state index in [1.54, 1.807) is 0 Å². The molecule has 5 heavy (non-hydrogen) atoms. The van der Waals surface area contributed by atoms with Gasteiger partial charge in [-0.1, -0.05) is 0 Å². The van der Waals surface area contributed by atoms with Crippen molar-refractivity contribution in [1.82, 2.24) is 0 Å². The molecule has 0 amide bonds. The Hall–Kier alpha value is 0.623. The summed E-state index contributed by atoms with van der Waals surface area (Å²) in [6.45, 7) is 4.59. The van der Waals surface area contributed by atoms with Crippen molar-refractivity contribution in [1.29, 1.82) is 0 Å². The summed E-state index contributed by atoms with van der Waals surface area (Å²) < 4.78 is 0. The maximum atomic E-state index is 2.30. The van der Waals surface area contributed by atoms with Crippen molar-refractivity contribution < 1.29 is 17.1 Å². The molecule has 28 valence electrons. The van der Waals surface area contributed by atoms with Gasteiger partial charge in [-0.3, -0.25) is 0 Å². The van der Waals surface area contributed by atoms with Crippen LogP contribution in [0.4, 0.5) is 0 Å². The molecular weight excluding hydrogens is 50.0 g/mol. The van der Waals surface area contributed by atoms with Gasteiger partial charge in [-0.15, -0.1) is 0 Å². The van der Waals surface area contributed by atoms with Gasteiger partial charge in [0.25, 0.3) is 0 Å².